The third-order valence-electron chi connectivity index (χ3n) is 3.18. The van der Waals surface area contributed by atoms with Crippen LogP contribution in [0.3, 0.4) is 0 Å². The molecule has 0 saturated heterocycles. The van der Waals surface area contributed by atoms with Crippen molar-refractivity contribution in [1.82, 2.24) is 0 Å². The van der Waals surface area contributed by atoms with Crippen LogP contribution in [0.2, 0.25) is 0 Å². The molecule has 0 radical (unpaired) electrons. The van der Waals surface area contributed by atoms with Gasteiger partial charge < -0.3 is 10.1 Å². The zero-order valence-electron chi connectivity index (χ0n) is 13.1. The molecule has 0 aliphatic rings. The van der Waals surface area contributed by atoms with E-state index < -0.39 is 33.8 Å². The Kier molecular flexibility index (Phi) is 5.50. The summed E-state index contributed by atoms with van der Waals surface area (Å²) >= 11 is 0. The van der Waals surface area contributed by atoms with Crippen molar-refractivity contribution in [3.05, 3.63) is 59.9 Å². The first-order valence-corrected chi connectivity index (χ1v) is 8.62. The minimum Gasteiger partial charge on any atom is -0.449 e. The number of amides is 1. The molecule has 1 atom stereocenters. The zero-order valence-corrected chi connectivity index (χ0v) is 13.9. The maximum Gasteiger partial charge on any atom is 0.338 e. The number of primary sulfonamides is 1. The molecule has 0 aliphatic carbocycles. The molecule has 2 rings (SSSR count). The SMILES string of the molecule is C[C@H](OC(=O)c1ccc(F)cc1)C(=O)Nc1ccc(S(N)(=O)=O)cc1. The molecule has 2 aromatic rings. The molecule has 0 bridgehead atoms. The highest BCUT2D eigenvalue weighted by Crippen LogP contribution is 2.14. The highest BCUT2D eigenvalue weighted by molar-refractivity contribution is 7.89. The van der Waals surface area contributed by atoms with Gasteiger partial charge in [0.2, 0.25) is 10.0 Å². The van der Waals surface area contributed by atoms with E-state index in [9.17, 15) is 22.4 Å². The van der Waals surface area contributed by atoms with Crippen molar-refractivity contribution in [3.8, 4) is 0 Å². The lowest BCUT2D eigenvalue weighted by Gasteiger charge is -2.13. The molecule has 25 heavy (non-hydrogen) atoms. The van der Waals surface area contributed by atoms with Gasteiger partial charge in [0.05, 0.1) is 10.5 Å². The topological polar surface area (TPSA) is 116 Å². The molecule has 0 unspecified atom stereocenters. The summed E-state index contributed by atoms with van der Waals surface area (Å²) in [5, 5.41) is 7.45. The quantitative estimate of drug-likeness (QED) is 0.781. The van der Waals surface area contributed by atoms with E-state index in [0.717, 1.165) is 12.1 Å². The van der Waals surface area contributed by atoms with Crippen LogP contribution in [0.25, 0.3) is 0 Å². The van der Waals surface area contributed by atoms with Crippen molar-refractivity contribution >= 4 is 27.6 Å². The van der Waals surface area contributed by atoms with Crippen molar-refractivity contribution in [3.63, 3.8) is 0 Å². The number of rotatable bonds is 5. The summed E-state index contributed by atoms with van der Waals surface area (Å²) < 4.78 is 40.1. The number of carbonyl (C=O) groups is 2. The van der Waals surface area contributed by atoms with Gasteiger partial charge in [0.15, 0.2) is 6.10 Å². The molecule has 2 aromatic carbocycles. The summed E-state index contributed by atoms with van der Waals surface area (Å²) in [5.41, 5.74) is 0.417. The Morgan fingerprint density at radius 3 is 2.16 bits per heavy atom. The number of nitrogens with one attached hydrogen (secondary N) is 1. The molecular weight excluding hydrogens is 351 g/mol. The van der Waals surface area contributed by atoms with Crippen molar-refractivity contribution in [2.45, 2.75) is 17.9 Å². The van der Waals surface area contributed by atoms with Gasteiger partial charge in [-0.05, 0) is 55.5 Å². The number of nitrogens with two attached hydrogens (primary N) is 1. The molecule has 0 saturated carbocycles. The van der Waals surface area contributed by atoms with Crippen LogP contribution in [0.5, 0.6) is 0 Å². The lowest BCUT2D eigenvalue weighted by atomic mass is 10.2. The van der Waals surface area contributed by atoms with Gasteiger partial charge in [-0.1, -0.05) is 0 Å². The van der Waals surface area contributed by atoms with E-state index in [2.05, 4.69) is 5.32 Å². The summed E-state index contributed by atoms with van der Waals surface area (Å²) in [7, 11) is -3.82. The Hall–Kier alpha value is -2.78. The molecule has 1 amide bonds. The number of anilines is 1. The van der Waals surface area contributed by atoms with Gasteiger partial charge in [-0.25, -0.2) is 22.7 Å². The first-order chi connectivity index (χ1) is 11.7. The summed E-state index contributed by atoms with van der Waals surface area (Å²) in [6.45, 7) is 1.37. The fourth-order valence-corrected chi connectivity index (χ4v) is 2.36. The molecule has 0 spiro atoms. The van der Waals surface area contributed by atoms with E-state index in [0.29, 0.717) is 5.69 Å². The van der Waals surface area contributed by atoms with Crippen LogP contribution in [0.4, 0.5) is 10.1 Å². The fourth-order valence-electron chi connectivity index (χ4n) is 1.84. The average molecular weight is 366 g/mol. The van der Waals surface area contributed by atoms with Crippen LogP contribution in [0.15, 0.2) is 53.4 Å². The maximum atomic E-state index is 12.8. The third-order valence-corrected chi connectivity index (χ3v) is 4.11. The maximum absolute atomic E-state index is 12.8. The van der Waals surface area contributed by atoms with E-state index in [1.54, 1.807) is 0 Å². The molecule has 7 nitrogen and oxygen atoms in total. The van der Waals surface area contributed by atoms with Crippen molar-refractivity contribution in [2.75, 3.05) is 5.32 Å². The van der Waals surface area contributed by atoms with E-state index in [1.165, 1.54) is 43.3 Å². The Morgan fingerprint density at radius 1 is 1.08 bits per heavy atom. The molecule has 0 fully saturated rings. The van der Waals surface area contributed by atoms with Crippen molar-refractivity contribution in [1.29, 1.82) is 0 Å². The number of carbonyl (C=O) groups excluding carboxylic acids is 2. The van der Waals surface area contributed by atoms with Gasteiger partial charge in [-0.3, -0.25) is 4.79 Å². The standard InChI is InChI=1S/C16H15FN2O5S/c1-10(24-16(21)11-2-4-12(17)5-3-11)15(20)19-13-6-8-14(9-7-13)25(18,22)23/h2-10H,1H3,(H,19,20)(H2,18,22,23)/t10-/m0/s1. The van der Waals surface area contributed by atoms with Crippen LogP contribution in [-0.4, -0.2) is 26.4 Å². The summed E-state index contributed by atoms with van der Waals surface area (Å²) in [6.07, 6.45) is -1.12. The Labute approximate surface area is 143 Å². The lowest BCUT2D eigenvalue weighted by Crippen LogP contribution is -2.30. The Balaban J connectivity index is 1.98. The molecule has 0 aliphatic heterocycles. The summed E-state index contributed by atoms with van der Waals surface area (Å²) in [6, 6.07) is 9.88. The predicted octanol–water partition coefficient (Wildman–Crippen LogP) is 1.66. The summed E-state index contributed by atoms with van der Waals surface area (Å²) in [5.74, 6) is -1.88. The van der Waals surface area contributed by atoms with E-state index in [-0.39, 0.29) is 10.5 Å². The number of sulfonamides is 1. The van der Waals surface area contributed by atoms with Gasteiger partial charge in [0, 0.05) is 5.69 Å². The second-order valence-corrected chi connectivity index (χ2v) is 6.67. The highest BCUT2D eigenvalue weighted by atomic mass is 32.2. The highest BCUT2D eigenvalue weighted by Gasteiger charge is 2.19. The number of halogens is 1. The van der Waals surface area contributed by atoms with Gasteiger partial charge in [-0.15, -0.1) is 0 Å². The largest absolute Gasteiger partial charge is 0.449 e. The fraction of sp³-hybridized carbons (Fsp3) is 0.125. The average Bonchev–Trinajstić information content (AvgIpc) is 2.55. The van der Waals surface area contributed by atoms with Crippen molar-refractivity contribution in [2.24, 2.45) is 5.14 Å². The van der Waals surface area contributed by atoms with E-state index >= 15 is 0 Å². The minimum atomic E-state index is -3.82. The van der Waals surface area contributed by atoms with Crippen molar-refractivity contribution < 1.29 is 27.1 Å². The molecule has 9 heteroatoms. The van der Waals surface area contributed by atoms with E-state index in [4.69, 9.17) is 9.88 Å². The molecule has 0 heterocycles. The van der Waals surface area contributed by atoms with E-state index in [1.807, 2.05) is 0 Å². The Bertz CT molecular complexity index is 880. The molecule has 132 valence electrons. The molecular formula is C16H15FN2O5S. The first kappa shape index (κ1) is 18.6. The third kappa shape index (κ3) is 5.10. The van der Waals surface area contributed by atoms with Gasteiger partial charge in [0.25, 0.3) is 5.91 Å². The van der Waals surface area contributed by atoms with Crippen LogP contribution in [0, 0.1) is 5.82 Å². The van der Waals surface area contributed by atoms with Crippen LogP contribution in [-0.2, 0) is 19.6 Å². The molecule has 3 N–H and O–H groups in total. The number of benzene rings is 2. The summed E-state index contributed by atoms with van der Waals surface area (Å²) in [4.78, 5) is 23.8. The smallest absolute Gasteiger partial charge is 0.338 e. The number of ether oxygens (including phenoxy) is 1. The normalized spacial score (nSPS) is 12.3. The van der Waals surface area contributed by atoms with Gasteiger partial charge in [-0.2, -0.15) is 0 Å². The molecule has 0 aromatic heterocycles. The van der Waals surface area contributed by atoms with Crippen LogP contribution < -0.4 is 10.5 Å². The first-order valence-electron chi connectivity index (χ1n) is 7.07. The monoisotopic (exact) mass is 366 g/mol. The zero-order chi connectivity index (χ0) is 18.6. The number of hydrogen-bond acceptors (Lipinski definition) is 5. The lowest BCUT2D eigenvalue weighted by molar-refractivity contribution is -0.123. The van der Waals surface area contributed by atoms with Gasteiger partial charge in [0.1, 0.15) is 5.82 Å². The van der Waals surface area contributed by atoms with Crippen LogP contribution >= 0.6 is 0 Å². The Morgan fingerprint density at radius 2 is 1.64 bits per heavy atom. The second-order valence-electron chi connectivity index (χ2n) is 5.11. The minimum absolute atomic E-state index is 0.0960. The second kappa shape index (κ2) is 7.41. The number of esters is 1. The van der Waals surface area contributed by atoms with Crippen LogP contribution in [0.1, 0.15) is 17.3 Å². The van der Waals surface area contributed by atoms with Gasteiger partial charge >= 0.3 is 5.97 Å². The predicted molar refractivity (Wildman–Crippen MR) is 87.7 cm³/mol. The number of hydrogen-bond donors (Lipinski definition) is 2.